The van der Waals surface area contributed by atoms with Gasteiger partial charge in [-0.1, -0.05) is 13.3 Å². The van der Waals surface area contributed by atoms with E-state index in [1.165, 1.54) is 41.5 Å². The minimum atomic E-state index is 0.533. The van der Waals surface area contributed by atoms with Gasteiger partial charge in [-0.05, 0) is 53.2 Å². The van der Waals surface area contributed by atoms with E-state index < -0.39 is 0 Å². The van der Waals surface area contributed by atoms with Gasteiger partial charge in [0.1, 0.15) is 0 Å². The second kappa shape index (κ2) is 7.63. The summed E-state index contributed by atoms with van der Waals surface area (Å²) in [6.45, 7) is 4.89. The van der Waals surface area contributed by atoms with Crippen molar-refractivity contribution in [1.82, 2.24) is 5.32 Å². The average molecular weight is 332 g/mol. The third-order valence-electron chi connectivity index (χ3n) is 3.36. The van der Waals surface area contributed by atoms with E-state index in [-0.39, 0.29) is 0 Å². The SMILES string of the molecule is CCCCOCCNC1CCCc2sc(Br)cc21. The Morgan fingerprint density at radius 1 is 1.50 bits per heavy atom. The van der Waals surface area contributed by atoms with Crippen LogP contribution < -0.4 is 5.32 Å². The molecule has 1 N–H and O–H groups in total. The van der Waals surface area contributed by atoms with E-state index in [1.807, 2.05) is 11.3 Å². The standard InChI is InChI=1S/C14H22BrNOS/c1-2-3-8-17-9-7-16-12-5-4-6-13-11(12)10-14(15)18-13/h10,12,16H,2-9H2,1H3. The molecule has 0 radical (unpaired) electrons. The van der Waals surface area contributed by atoms with Crippen molar-refractivity contribution in [3.63, 3.8) is 0 Å². The van der Waals surface area contributed by atoms with E-state index in [4.69, 9.17) is 4.74 Å². The highest BCUT2D eigenvalue weighted by molar-refractivity contribution is 9.11. The molecule has 18 heavy (non-hydrogen) atoms. The molecule has 0 amide bonds. The minimum Gasteiger partial charge on any atom is -0.380 e. The van der Waals surface area contributed by atoms with Crippen LogP contribution in [-0.2, 0) is 11.2 Å². The average Bonchev–Trinajstić information content (AvgIpc) is 2.74. The van der Waals surface area contributed by atoms with Crippen LogP contribution in [-0.4, -0.2) is 19.8 Å². The molecule has 0 saturated heterocycles. The van der Waals surface area contributed by atoms with Gasteiger partial charge >= 0.3 is 0 Å². The molecule has 0 bridgehead atoms. The number of thiophene rings is 1. The molecular weight excluding hydrogens is 310 g/mol. The fourth-order valence-corrected chi connectivity index (χ4v) is 4.21. The van der Waals surface area contributed by atoms with E-state index in [0.29, 0.717) is 6.04 Å². The van der Waals surface area contributed by atoms with Gasteiger partial charge in [0, 0.05) is 24.1 Å². The van der Waals surface area contributed by atoms with Crippen molar-refractivity contribution in [1.29, 1.82) is 0 Å². The van der Waals surface area contributed by atoms with Crippen LogP contribution in [0.25, 0.3) is 0 Å². The van der Waals surface area contributed by atoms with E-state index in [9.17, 15) is 0 Å². The van der Waals surface area contributed by atoms with E-state index in [2.05, 4.69) is 34.2 Å². The number of aryl methyl sites for hydroxylation is 1. The molecule has 0 aliphatic heterocycles. The molecule has 2 rings (SSSR count). The third-order valence-corrected chi connectivity index (χ3v) is 5.08. The normalized spacial score (nSPS) is 18.9. The second-order valence-electron chi connectivity index (χ2n) is 4.79. The second-order valence-corrected chi connectivity index (χ2v) is 7.31. The lowest BCUT2D eigenvalue weighted by atomic mass is 9.94. The van der Waals surface area contributed by atoms with Gasteiger partial charge < -0.3 is 10.1 Å². The molecule has 1 aromatic rings. The monoisotopic (exact) mass is 331 g/mol. The zero-order valence-corrected chi connectivity index (χ0v) is 13.4. The number of unbranched alkanes of at least 4 members (excludes halogenated alkanes) is 1. The molecule has 1 unspecified atom stereocenters. The first-order chi connectivity index (χ1) is 8.81. The maximum Gasteiger partial charge on any atom is 0.0704 e. The summed E-state index contributed by atoms with van der Waals surface area (Å²) in [5, 5.41) is 3.63. The summed E-state index contributed by atoms with van der Waals surface area (Å²) in [6.07, 6.45) is 6.18. The van der Waals surface area contributed by atoms with Crippen molar-refractivity contribution >= 4 is 27.3 Å². The number of ether oxygens (including phenoxy) is 1. The Hall–Kier alpha value is 0.100. The van der Waals surface area contributed by atoms with Crippen LogP contribution in [0.15, 0.2) is 9.85 Å². The van der Waals surface area contributed by atoms with Crippen LogP contribution in [0, 0.1) is 0 Å². The molecule has 1 aromatic heterocycles. The summed E-state index contributed by atoms with van der Waals surface area (Å²) in [4.78, 5) is 1.55. The molecule has 1 atom stereocenters. The molecule has 2 nitrogen and oxygen atoms in total. The fourth-order valence-electron chi connectivity index (χ4n) is 2.39. The number of nitrogens with one attached hydrogen (secondary N) is 1. The molecule has 102 valence electrons. The lowest BCUT2D eigenvalue weighted by Gasteiger charge is -2.23. The van der Waals surface area contributed by atoms with Gasteiger partial charge in [-0.15, -0.1) is 11.3 Å². The van der Waals surface area contributed by atoms with E-state index in [1.54, 1.807) is 4.88 Å². The molecule has 4 heteroatoms. The van der Waals surface area contributed by atoms with Crippen LogP contribution in [0.1, 0.15) is 49.1 Å². The molecule has 0 aromatic carbocycles. The minimum absolute atomic E-state index is 0.533. The first-order valence-corrected chi connectivity index (χ1v) is 8.51. The van der Waals surface area contributed by atoms with Crippen LogP contribution in [0.4, 0.5) is 0 Å². The summed E-state index contributed by atoms with van der Waals surface area (Å²) < 4.78 is 6.85. The summed E-state index contributed by atoms with van der Waals surface area (Å²) in [7, 11) is 0. The Morgan fingerprint density at radius 3 is 3.22 bits per heavy atom. The third kappa shape index (κ3) is 4.05. The number of rotatable bonds is 7. The summed E-state index contributed by atoms with van der Waals surface area (Å²) in [5.41, 5.74) is 1.51. The Balaban J connectivity index is 1.74. The maximum absolute atomic E-state index is 5.59. The molecule has 1 aliphatic rings. The van der Waals surface area contributed by atoms with Gasteiger partial charge in [0.25, 0.3) is 0 Å². The first kappa shape index (κ1) is 14.5. The van der Waals surface area contributed by atoms with Crippen molar-refractivity contribution in [2.24, 2.45) is 0 Å². The van der Waals surface area contributed by atoms with Crippen LogP contribution in [0.3, 0.4) is 0 Å². The lowest BCUT2D eigenvalue weighted by molar-refractivity contribution is 0.130. The Morgan fingerprint density at radius 2 is 2.39 bits per heavy atom. The molecule has 0 spiro atoms. The largest absolute Gasteiger partial charge is 0.380 e. The van der Waals surface area contributed by atoms with Gasteiger partial charge in [-0.25, -0.2) is 0 Å². The quantitative estimate of drug-likeness (QED) is 0.752. The summed E-state index contributed by atoms with van der Waals surface area (Å²) in [5.74, 6) is 0. The fraction of sp³-hybridized carbons (Fsp3) is 0.714. The topological polar surface area (TPSA) is 21.3 Å². The first-order valence-electron chi connectivity index (χ1n) is 6.90. The van der Waals surface area contributed by atoms with Crippen molar-refractivity contribution in [2.75, 3.05) is 19.8 Å². The van der Waals surface area contributed by atoms with Crippen molar-refractivity contribution < 1.29 is 4.74 Å². The molecule has 1 aliphatic carbocycles. The van der Waals surface area contributed by atoms with Gasteiger partial charge in [0.05, 0.1) is 10.4 Å². The van der Waals surface area contributed by atoms with Crippen LogP contribution in [0.5, 0.6) is 0 Å². The number of fused-ring (bicyclic) bond motifs is 1. The maximum atomic E-state index is 5.59. The number of halogens is 1. The summed E-state index contributed by atoms with van der Waals surface area (Å²) >= 11 is 5.49. The predicted octanol–water partition coefficient (Wildman–Crippen LogP) is 4.29. The predicted molar refractivity (Wildman–Crippen MR) is 81.4 cm³/mol. The number of hydrogen-bond acceptors (Lipinski definition) is 3. The van der Waals surface area contributed by atoms with E-state index >= 15 is 0 Å². The van der Waals surface area contributed by atoms with Gasteiger partial charge in [-0.2, -0.15) is 0 Å². The van der Waals surface area contributed by atoms with Crippen molar-refractivity contribution in [3.8, 4) is 0 Å². The zero-order chi connectivity index (χ0) is 12.8. The Kier molecular flexibility index (Phi) is 6.15. The Labute approximate surface area is 122 Å². The van der Waals surface area contributed by atoms with Crippen molar-refractivity contribution in [2.45, 2.75) is 45.1 Å². The highest BCUT2D eigenvalue weighted by Gasteiger charge is 2.21. The molecule has 0 saturated carbocycles. The Bertz CT molecular complexity index is 367. The summed E-state index contributed by atoms with van der Waals surface area (Å²) in [6, 6.07) is 2.82. The lowest BCUT2D eigenvalue weighted by Crippen LogP contribution is -2.27. The van der Waals surface area contributed by atoms with Crippen LogP contribution in [0.2, 0.25) is 0 Å². The molecule has 0 fully saturated rings. The van der Waals surface area contributed by atoms with Gasteiger partial charge in [-0.3, -0.25) is 0 Å². The smallest absolute Gasteiger partial charge is 0.0704 e. The van der Waals surface area contributed by atoms with Crippen LogP contribution >= 0.6 is 27.3 Å². The number of hydrogen-bond donors (Lipinski definition) is 1. The van der Waals surface area contributed by atoms with E-state index in [0.717, 1.165) is 19.8 Å². The van der Waals surface area contributed by atoms with Gasteiger partial charge in [0.15, 0.2) is 0 Å². The highest BCUT2D eigenvalue weighted by Crippen LogP contribution is 2.37. The van der Waals surface area contributed by atoms with Gasteiger partial charge in [0.2, 0.25) is 0 Å². The molecule has 1 heterocycles. The van der Waals surface area contributed by atoms with Crippen molar-refractivity contribution in [3.05, 3.63) is 20.3 Å². The molecular formula is C14H22BrNOS. The zero-order valence-electron chi connectivity index (χ0n) is 11.0. The highest BCUT2D eigenvalue weighted by atomic mass is 79.9.